The number of hydrogen-bond acceptors (Lipinski definition) is 3. The van der Waals surface area contributed by atoms with E-state index in [1.165, 1.54) is 152 Å². The van der Waals surface area contributed by atoms with Gasteiger partial charge in [0.2, 0.25) is 5.91 Å². The maximum absolute atomic E-state index is 13.5. The first kappa shape index (κ1) is 53.1. The zero-order valence-electron chi connectivity index (χ0n) is 38.4. The SMILES string of the molecule is CC(C=CC1=C(C)CCCC1(C)C)=CC=CC(C)=CC(=O)N(CCCCCCCCCCCCCCCC(=O)O)CCCCCCCCCCCCCCCC(=O)O. The van der Waals surface area contributed by atoms with Crippen LogP contribution in [0.25, 0.3) is 0 Å². The molecule has 332 valence electrons. The lowest BCUT2D eigenvalue weighted by Gasteiger charge is -2.32. The van der Waals surface area contributed by atoms with Crippen molar-refractivity contribution in [2.24, 2.45) is 5.41 Å². The van der Waals surface area contributed by atoms with Crippen LogP contribution in [0.15, 0.2) is 58.7 Å². The monoisotopic (exact) mass is 808 g/mol. The van der Waals surface area contributed by atoms with E-state index in [1.54, 1.807) is 0 Å². The van der Waals surface area contributed by atoms with Crippen molar-refractivity contribution < 1.29 is 24.6 Å². The molecule has 58 heavy (non-hydrogen) atoms. The Morgan fingerprint density at radius 3 is 1.33 bits per heavy atom. The Bertz CT molecular complexity index is 1220. The molecular weight excluding hydrogens is 719 g/mol. The van der Waals surface area contributed by atoms with Crippen molar-refractivity contribution in [1.29, 1.82) is 0 Å². The first-order valence-corrected chi connectivity index (χ1v) is 24.1. The van der Waals surface area contributed by atoms with E-state index in [4.69, 9.17) is 10.2 Å². The fourth-order valence-corrected chi connectivity index (χ4v) is 8.35. The van der Waals surface area contributed by atoms with Crippen LogP contribution in [0.2, 0.25) is 0 Å². The minimum atomic E-state index is -0.678. The molecule has 0 saturated carbocycles. The lowest BCUT2D eigenvalue weighted by atomic mass is 9.72. The molecule has 0 fully saturated rings. The summed E-state index contributed by atoms with van der Waals surface area (Å²) in [5.41, 5.74) is 5.44. The minimum Gasteiger partial charge on any atom is -0.481 e. The number of nitrogens with zero attached hydrogens (tertiary/aromatic N) is 1. The molecule has 6 nitrogen and oxygen atoms in total. The highest BCUT2D eigenvalue weighted by Gasteiger charge is 2.26. The van der Waals surface area contributed by atoms with Gasteiger partial charge in [0.05, 0.1) is 0 Å². The molecular formula is C52H89NO5. The molecule has 1 rings (SSSR count). The van der Waals surface area contributed by atoms with E-state index in [0.29, 0.717) is 12.8 Å². The predicted molar refractivity (Wildman–Crippen MR) is 247 cm³/mol. The number of carboxylic acid groups (broad SMARTS) is 2. The van der Waals surface area contributed by atoms with Gasteiger partial charge >= 0.3 is 11.9 Å². The van der Waals surface area contributed by atoms with E-state index >= 15 is 0 Å². The third-order valence-electron chi connectivity index (χ3n) is 12.1. The van der Waals surface area contributed by atoms with Gasteiger partial charge in [0.25, 0.3) is 0 Å². The zero-order chi connectivity index (χ0) is 42.7. The van der Waals surface area contributed by atoms with Crippen LogP contribution in [0.3, 0.4) is 0 Å². The Labute approximate surface area is 357 Å². The highest BCUT2D eigenvalue weighted by Crippen LogP contribution is 2.40. The van der Waals surface area contributed by atoms with Crippen molar-refractivity contribution in [3.8, 4) is 0 Å². The molecule has 1 aliphatic rings. The molecule has 0 unspecified atom stereocenters. The van der Waals surface area contributed by atoms with Crippen LogP contribution < -0.4 is 0 Å². The summed E-state index contributed by atoms with van der Waals surface area (Å²) in [6, 6.07) is 0. The molecule has 0 saturated heterocycles. The molecule has 2 N–H and O–H groups in total. The number of allylic oxidation sites excluding steroid dienone is 9. The van der Waals surface area contributed by atoms with Gasteiger partial charge in [-0.1, -0.05) is 197 Å². The van der Waals surface area contributed by atoms with Crippen LogP contribution in [-0.4, -0.2) is 46.0 Å². The summed E-state index contributed by atoms with van der Waals surface area (Å²) < 4.78 is 0. The molecule has 0 spiro atoms. The summed E-state index contributed by atoms with van der Waals surface area (Å²) in [5, 5.41) is 17.5. The minimum absolute atomic E-state index is 0.147. The number of unbranched alkanes of at least 4 members (excludes halogenated alkanes) is 24. The molecule has 0 bridgehead atoms. The van der Waals surface area contributed by atoms with Crippen LogP contribution in [0.5, 0.6) is 0 Å². The fraction of sp³-hybridized carbons (Fsp3) is 0.750. The second kappa shape index (κ2) is 34.9. The van der Waals surface area contributed by atoms with Crippen molar-refractivity contribution in [3.63, 3.8) is 0 Å². The molecule has 0 aromatic carbocycles. The normalized spacial score (nSPS) is 14.9. The van der Waals surface area contributed by atoms with E-state index in [0.717, 1.165) is 70.0 Å². The maximum atomic E-state index is 13.5. The molecule has 0 radical (unpaired) electrons. The fourth-order valence-electron chi connectivity index (χ4n) is 8.35. The van der Waals surface area contributed by atoms with Gasteiger partial charge < -0.3 is 15.1 Å². The highest BCUT2D eigenvalue weighted by atomic mass is 16.4. The van der Waals surface area contributed by atoms with Gasteiger partial charge in [0, 0.05) is 32.0 Å². The second-order valence-corrected chi connectivity index (χ2v) is 18.2. The molecule has 0 aliphatic heterocycles. The van der Waals surface area contributed by atoms with Crippen molar-refractivity contribution in [1.82, 2.24) is 4.90 Å². The van der Waals surface area contributed by atoms with Gasteiger partial charge in [-0.25, -0.2) is 0 Å². The van der Waals surface area contributed by atoms with Gasteiger partial charge in [-0.3, -0.25) is 14.4 Å². The van der Waals surface area contributed by atoms with Crippen molar-refractivity contribution in [2.75, 3.05) is 13.1 Å². The zero-order valence-corrected chi connectivity index (χ0v) is 38.4. The molecule has 1 amide bonds. The van der Waals surface area contributed by atoms with E-state index in [1.807, 2.05) is 13.0 Å². The van der Waals surface area contributed by atoms with Gasteiger partial charge in [-0.05, 0) is 82.3 Å². The standard InChI is InChI=1S/C52H89NO5/c1-45(39-40-48-47(3)36-33-41-52(48,4)5)34-32-35-46(2)44-49(54)53(42-30-26-22-18-14-10-6-8-12-16-20-24-28-37-50(55)56)43-31-27-23-19-15-11-7-9-13-17-21-25-29-38-51(57)58/h32,34-35,39-40,44H,6-31,33,36-38,41-43H2,1-5H3,(H,55,56)(H,57,58). The van der Waals surface area contributed by atoms with Crippen LogP contribution in [0.4, 0.5) is 0 Å². The molecule has 0 heterocycles. The predicted octanol–water partition coefficient (Wildman–Crippen LogP) is 15.4. The Kier molecular flexibility index (Phi) is 32.0. The van der Waals surface area contributed by atoms with E-state index in [9.17, 15) is 14.4 Å². The summed E-state index contributed by atoms with van der Waals surface area (Å²) in [4.78, 5) is 36.9. The Morgan fingerprint density at radius 1 is 0.569 bits per heavy atom. The number of carboxylic acids is 2. The van der Waals surface area contributed by atoms with E-state index in [-0.39, 0.29) is 11.3 Å². The summed E-state index contributed by atoms with van der Waals surface area (Å²) in [6.07, 6.45) is 48.0. The van der Waals surface area contributed by atoms with Gasteiger partial charge in [-0.2, -0.15) is 0 Å². The van der Waals surface area contributed by atoms with E-state index < -0.39 is 11.9 Å². The number of rotatable bonds is 37. The number of aliphatic carboxylic acids is 2. The first-order chi connectivity index (χ1) is 27.9. The second-order valence-electron chi connectivity index (χ2n) is 18.2. The molecule has 0 aromatic rings. The van der Waals surface area contributed by atoms with Gasteiger partial charge in [0.15, 0.2) is 0 Å². The average Bonchev–Trinajstić information content (AvgIpc) is 3.16. The van der Waals surface area contributed by atoms with Crippen LogP contribution in [0.1, 0.15) is 234 Å². The number of hydrogen-bond donors (Lipinski definition) is 2. The summed E-state index contributed by atoms with van der Waals surface area (Å²) in [7, 11) is 0. The smallest absolute Gasteiger partial charge is 0.303 e. The molecule has 0 aromatic heterocycles. The van der Waals surface area contributed by atoms with Crippen molar-refractivity contribution in [2.45, 2.75) is 234 Å². The van der Waals surface area contributed by atoms with Crippen LogP contribution in [0, 0.1) is 5.41 Å². The number of amides is 1. The maximum Gasteiger partial charge on any atom is 0.303 e. The topological polar surface area (TPSA) is 94.9 Å². The lowest BCUT2D eigenvalue weighted by Crippen LogP contribution is -2.31. The summed E-state index contributed by atoms with van der Waals surface area (Å²) >= 11 is 0. The van der Waals surface area contributed by atoms with Gasteiger partial charge in [0.1, 0.15) is 0 Å². The lowest BCUT2D eigenvalue weighted by molar-refractivity contribution is -0.138. The van der Waals surface area contributed by atoms with Crippen LogP contribution >= 0.6 is 0 Å². The molecule has 1 aliphatic carbocycles. The largest absolute Gasteiger partial charge is 0.481 e. The summed E-state index contributed by atoms with van der Waals surface area (Å²) in [5.74, 6) is -1.21. The Balaban J connectivity index is 2.47. The van der Waals surface area contributed by atoms with Crippen molar-refractivity contribution in [3.05, 3.63) is 58.7 Å². The van der Waals surface area contributed by atoms with Crippen LogP contribution in [-0.2, 0) is 14.4 Å². The Hall–Kier alpha value is -2.89. The third-order valence-corrected chi connectivity index (χ3v) is 12.1. The Morgan fingerprint density at radius 2 is 0.948 bits per heavy atom. The van der Waals surface area contributed by atoms with E-state index in [2.05, 4.69) is 63.0 Å². The molecule has 6 heteroatoms. The third kappa shape index (κ3) is 30.2. The first-order valence-electron chi connectivity index (χ1n) is 24.1. The number of carbonyl (C=O) groups excluding carboxylic acids is 1. The quantitative estimate of drug-likeness (QED) is 0.0370. The highest BCUT2D eigenvalue weighted by molar-refractivity contribution is 5.88. The van der Waals surface area contributed by atoms with Gasteiger partial charge in [-0.15, -0.1) is 0 Å². The number of carbonyl (C=O) groups is 3. The van der Waals surface area contributed by atoms with Crippen molar-refractivity contribution >= 4 is 17.8 Å². The summed E-state index contributed by atoms with van der Waals surface area (Å²) in [6.45, 7) is 12.9. The average molecular weight is 808 g/mol. The molecule has 0 atom stereocenters.